The summed E-state index contributed by atoms with van der Waals surface area (Å²) in [5.41, 5.74) is 3.48. The summed E-state index contributed by atoms with van der Waals surface area (Å²) < 4.78 is 0.144. The maximum absolute atomic E-state index is 9.10. The first-order valence-electron chi connectivity index (χ1n) is 6.95. The average Bonchev–Trinajstić information content (AvgIpc) is 3.23. The topological polar surface area (TPSA) is 82.2 Å². The number of aliphatic hydroxyl groups excluding tert-OH is 1. The predicted molar refractivity (Wildman–Crippen MR) is 92.4 cm³/mol. The number of aliphatic hydroxyl groups is 1. The highest BCUT2D eigenvalue weighted by Crippen LogP contribution is 2.33. The summed E-state index contributed by atoms with van der Waals surface area (Å²) in [6.45, 7) is 0.0240. The average molecular weight is 325 g/mol. The van der Waals surface area contributed by atoms with Crippen molar-refractivity contribution < 1.29 is 5.11 Å². The van der Waals surface area contributed by atoms with E-state index in [4.69, 9.17) is 10.2 Å². The number of aliphatic imine (C=N–C) groups is 2. The zero-order chi connectivity index (χ0) is 15.7. The molecule has 1 aromatic heterocycles. The van der Waals surface area contributed by atoms with Gasteiger partial charge in [-0.15, -0.1) is 0 Å². The number of rotatable bonds is 3. The Balaban J connectivity index is 1.67. The molecule has 0 amide bonds. The van der Waals surface area contributed by atoms with E-state index < -0.39 is 0 Å². The Morgan fingerprint density at radius 3 is 2.83 bits per heavy atom. The molecule has 23 heavy (non-hydrogen) atoms. The van der Waals surface area contributed by atoms with Gasteiger partial charge in [0.15, 0.2) is 6.20 Å². The number of amidine groups is 1. The fourth-order valence-corrected chi connectivity index (χ4v) is 3.07. The smallest absolute Gasteiger partial charge is 0.287 e. The number of anilines is 1. The van der Waals surface area contributed by atoms with E-state index in [-0.39, 0.29) is 11.2 Å². The fourth-order valence-electron chi connectivity index (χ4n) is 2.37. The normalized spacial score (nSPS) is 21.8. The van der Waals surface area contributed by atoms with Crippen LogP contribution in [0.2, 0.25) is 0 Å². The van der Waals surface area contributed by atoms with E-state index in [9.17, 15) is 0 Å². The van der Waals surface area contributed by atoms with E-state index in [0.717, 1.165) is 16.3 Å². The Bertz CT molecular complexity index is 837. The number of guanidine groups is 1. The lowest BCUT2D eigenvalue weighted by molar-refractivity contribution is 0.282. The minimum Gasteiger partial charge on any atom is -0.392 e. The molecule has 0 bridgehead atoms. The first kappa shape index (κ1) is 13.9. The summed E-state index contributed by atoms with van der Waals surface area (Å²) in [5.74, 6) is 1.22. The number of hydrogen-bond donors (Lipinski definition) is 2. The second-order valence-corrected chi connectivity index (χ2v) is 5.84. The Morgan fingerprint density at radius 2 is 2.09 bits per heavy atom. The second-order valence-electron chi connectivity index (χ2n) is 4.98. The minimum atomic E-state index is 0.0240. The van der Waals surface area contributed by atoms with Gasteiger partial charge in [-0.05, 0) is 22.8 Å². The van der Waals surface area contributed by atoms with Gasteiger partial charge in [0.2, 0.25) is 5.00 Å². The van der Waals surface area contributed by atoms with E-state index in [2.05, 4.69) is 20.3 Å². The second kappa shape index (κ2) is 5.51. The highest BCUT2D eigenvalue weighted by Gasteiger charge is 2.43. The van der Waals surface area contributed by atoms with Crippen molar-refractivity contribution in [1.82, 2.24) is 9.58 Å². The number of aromatic nitrogens is 1. The molecule has 2 aliphatic heterocycles. The number of hydrogen-bond acceptors (Lipinski definition) is 7. The highest BCUT2D eigenvalue weighted by molar-refractivity contribution is 7.13. The lowest BCUT2D eigenvalue weighted by Gasteiger charge is -2.21. The van der Waals surface area contributed by atoms with Crippen molar-refractivity contribution in [3.05, 3.63) is 53.9 Å². The number of benzene rings is 1. The monoisotopic (exact) mass is 325 g/mol. The molecule has 1 unspecified atom stereocenters. The lowest BCUT2D eigenvalue weighted by atomic mass is 10.2. The molecule has 1 atom stereocenters. The maximum Gasteiger partial charge on any atom is 0.287 e. The van der Waals surface area contributed by atoms with Crippen molar-refractivity contribution >= 4 is 40.0 Å². The third kappa shape index (κ3) is 2.38. The zero-order valence-electron chi connectivity index (χ0n) is 12.0. The summed E-state index contributed by atoms with van der Waals surface area (Å²) in [6.07, 6.45) is 7.07. The molecule has 0 saturated heterocycles. The molecule has 7 nitrogen and oxygen atoms in total. The van der Waals surface area contributed by atoms with Crippen LogP contribution in [0.3, 0.4) is 0 Å². The Morgan fingerprint density at radius 1 is 1.22 bits per heavy atom. The summed E-state index contributed by atoms with van der Waals surface area (Å²) in [5, 5.41) is 17.9. The lowest BCUT2D eigenvalue weighted by Crippen LogP contribution is -2.43. The molecular formula is C15H13N6OS+. The molecular weight excluding hydrogens is 312 g/mol. The van der Waals surface area contributed by atoms with Crippen LogP contribution < -0.4 is 9.91 Å². The fraction of sp³-hybridized carbons (Fsp3) is 0.0667. The number of quaternary nitrogens is 1. The van der Waals surface area contributed by atoms with E-state index in [1.54, 1.807) is 24.1 Å². The molecule has 2 N–H and O–H groups in total. The summed E-state index contributed by atoms with van der Waals surface area (Å²) >= 11 is 1.51. The SMILES string of the molecule is OCc1ccc(NC2=N[N+]3(c4cncs4)C=CN=CC3=N2)cc1. The van der Waals surface area contributed by atoms with Crippen LogP contribution in [0.15, 0.2) is 63.5 Å². The van der Waals surface area contributed by atoms with Crippen molar-refractivity contribution in [2.45, 2.75) is 6.61 Å². The molecule has 1 aromatic carbocycles. The van der Waals surface area contributed by atoms with Gasteiger partial charge in [0, 0.05) is 5.69 Å². The molecule has 2 aromatic rings. The van der Waals surface area contributed by atoms with Gasteiger partial charge in [-0.3, -0.25) is 4.99 Å². The van der Waals surface area contributed by atoms with Crippen LogP contribution in [0.4, 0.5) is 10.7 Å². The largest absolute Gasteiger partial charge is 0.392 e. The predicted octanol–water partition coefficient (Wildman–Crippen LogP) is 2.29. The summed E-state index contributed by atoms with van der Waals surface area (Å²) in [4.78, 5) is 12.8. The Labute approximate surface area is 136 Å². The summed E-state index contributed by atoms with van der Waals surface area (Å²) in [7, 11) is 0. The van der Waals surface area contributed by atoms with E-state index in [1.165, 1.54) is 11.3 Å². The van der Waals surface area contributed by atoms with Crippen molar-refractivity contribution in [3.63, 3.8) is 0 Å². The van der Waals surface area contributed by atoms with Gasteiger partial charge in [-0.2, -0.15) is 4.99 Å². The molecule has 0 radical (unpaired) electrons. The van der Waals surface area contributed by atoms with Crippen molar-refractivity contribution in [2.75, 3.05) is 5.32 Å². The van der Waals surface area contributed by atoms with E-state index in [0.29, 0.717) is 11.8 Å². The van der Waals surface area contributed by atoms with Crippen LogP contribution >= 0.6 is 11.3 Å². The van der Waals surface area contributed by atoms with Crippen LogP contribution in [-0.2, 0) is 6.61 Å². The van der Waals surface area contributed by atoms with Gasteiger partial charge in [0.25, 0.3) is 11.8 Å². The van der Waals surface area contributed by atoms with Crippen LogP contribution in [0, 0.1) is 0 Å². The highest BCUT2D eigenvalue weighted by atomic mass is 32.1. The number of thiazole rings is 1. The van der Waals surface area contributed by atoms with Crippen LogP contribution in [0.25, 0.3) is 0 Å². The maximum atomic E-state index is 9.10. The van der Waals surface area contributed by atoms with Gasteiger partial charge in [-0.25, -0.2) is 4.98 Å². The molecule has 0 spiro atoms. The molecule has 0 aliphatic carbocycles. The van der Waals surface area contributed by atoms with Crippen molar-refractivity contribution in [1.29, 1.82) is 0 Å². The van der Waals surface area contributed by atoms with Gasteiger partial charge in [-0.1, -0.05) is 28.1 Å². The van der Waals surface area contributed by atoms with E-state index >= 15 is 0 Å². The van der Waals surface area contributed by atoms with Crippen LogP contribution in [-0.4, -0.2) is 28.1 Å². The first-order chi connectivity index (χ1) is 11.3. The zero-order valence-corrected chi connectivity index (χ0v) is 12.8. The third-order valence-electron chi connectivity index (χ3n) is 3.53. The molecule has 114 valence electrons. The van der Waals surface area contributed by atoms with Gasteiger partial charge in [0.05, 0.1) is 18.3 Å². The number of nitrogens with zero attached hydrogens (tertiary/aromatic N) is 5. The molecule has 3 heterocycles. The molecule has 0 fully saturated rings. The van der Waals surface area contributed by atoms with Crippen LogP contribution in [0.5, 0.6) is 0 Å². The quantitative estimate of drug-likeness (QED) is 0.850. The van der Waals surface area contributed by atoms with Gasteiger partial charge < -0.3 is 10.4 Å². The van der Waals surface area contributed by atoms with Crippen molar-refractivity contribution in [3.8, 4) is 0 Å². The van der Waals surface area contributed by atoms with Crippen LogP contribution in [0.1, 0.15) is 5.56 Å². The molecule has 4 rings (SSSR count). The molecule has 0 saturated carbocycles. The summed E-state index contributed by atoms with van der Waals surface area (Å²) in [6, 6.07) is 7.47. The third-order valence-corrected chi connectivity index (χ3v) is 4.38. The van der Waals surface area contributed by atoms with Gasteiger partial charge in [0.1, 0.15) is 12.4 Å². The number of fused-ring (bicyclic) bond motifs is 1. The van der Waals surface area contributed by atoms with Crippen molar-refractivity contribution in [2.24, 2.45) is 15.1 Å². The Kier molecular flexibility index (Phi) is 3.34. The standard InChI is InChI=1S/C15H13N6OS/c22-9-11-1-3-12(4-2-11)18-15-19-13-7-16-5-6-21(13,20-15)14-8-17-10-23-14/h1-8,10,22H,9H2,(H,18,20)/q+1. The molecule has 8 heteroatoms. The molecule has 2 aliphatic rings. The van der Waals surface area contributed by atoms with Gasteiger partial charge >= 0.3 is 0 Å². The minimum absolute atomic E-state index is 0.0240. The van der Waals surface area contributed by atoms with E-state index in [1.807, 2.05) is 30.5 Å². The first-order valence-corrected chi connectivity index (χ1v) is 7.83. The number of nitrogens with one attached hydrogen (secondary N) is 1. The Hall–Kier alpha value is -2.68.